The van der Waals surface area contributed by atoms with E-state index in [1.165, 1.54) is 12.2 Å². The van der Waals surface area contributed by atoms with E-state index in [1.807, 2.05) is 0 Å². The summed E-state index contributed by atoms with van der Waals surface area (Å²) < 4.78 is 0. The van der Waals surface area contributed by atoms with E-state index in [-0.39, 0.29) is 5.54 Å². The number of rotatable bonds is 1. The van der Waals surface area contributed by atoms with E-state index in [0.717, 1.165) is 12.2 Å². The summed E-state index contributed by atoms with van der Waals surface area (Å²) in [5.74, 6) is 6.44. The van der Waals surface area contributed by atoms with Gasteiger partial charge >= 0.3 is 0 Å². The van der Waals surface area contributed by atoms with Crippen LogP contribution in [0.5, 0.6) is 0 Å². The van der Waals surface area contributed by atoms with Crippen molar-refractivity contribution in [3.63, 3.8) is 0 Å². The normalized spacial score (nSPS) is 43.6. The molecular formula is C7H15NS. The molecule has 1 fully saturated rings. The lowest BCUT2D eigenvalue weighted by Gasteiger charge is -2.19. The molecule has 0 aromatic carbocycles. The van der Waals surface area contributed by atoms with Crippen molar-refractivity contribution in [2.75, 3.05) is 11.5 Å². The summed E-state index contributed by atoms with van der Waals surface area (Å²) in [6, 6.07) is 0. The molecule has 0 spiro atoms. The zero-order chi connectivity index (χ0) is 6.91. The predicted molar refractivity (Wildman–Crippen MR) is 46.3 cm³/mol. The van der Waals surface area contributed by atoms with Crippen LogP contribution in [-0.2, 0) is 0 Å². The highest BCUT2D eigenvalue weighted by molar-refractivity contribution is 8.14. The second-order valence-electron chi connectivity index (χ2n) is 2.93. The molecule has 0 radical (unpaired) electrons. The molecule has 0 aromatic heterocycles. The maximum Gasteiger partial charge on any atom is 0.0246 e. The van der Waals surface area contributed by atoms with E-state index in [0.29, 0.717) is 10.5 Å². The molecule has 0 amide bonds. The minimum absolute atomic E-state index is 0.158. The van der Waals surface area contributed by atoms with E-state index >= 15 is 0 Å². The molecule has 0 bridgehead atoms. The molecule has 1 nitrogen and oxygen atoms in total. The molecule has 2 heteroatoms. The Morgan fingerprint density at radius 1 is 1.78 bits per heavy atom. The third-order valence-corrected chi connectivity index (χ3v) is 3.85. The first-order valence-corrected chi connectivity index (χ1v) is 5.15. The zero-order valence-electron chi connectivity index (χ0n) is 6.02. The molecule has 2 atom stereocenters. The molecule has 2 N–H and O–H groups in total. The molecule has 2 unspecified atom stereocenters. The first-order chi connectivity index (χ1) is 4.16. The first kappa shape index (κ1) is 7.29. The Balaban J connectivity index is 2.54. The summed E-state index contributed by atoms with van der Waals surface area (Å²) in [6.45, 7) is 2.17. The maximum absolute atomic E-state index is 6.02. The Labute approximate surface area is 59.6 Å². The van der Waals surface area contributed by atoms with Crippen LogP contribution in [0, 0.1) is 0 Å². The average Bonchev–Trinajstić information content (AvgIpc) is 2.13. The van der Waals surface area contributed by atoms with Crippen LogP contribution in [0.4, 0.5) is 0 Å². The topological polar surface area (TPSA) is 26.0 Å². The fraction of sp³-hybridized carbons (Fsp3) is 0.857. The van der Waals surface area contributed by atoms with E-state index in [4.69, 9.17) is 5.73 Å². The van der Waals surface area contributed by atoms with Gasteiger partial charge in [0.25, 0.3) is 0 Å². The van der Waals surface area contributed by atoms with Crippen molar-refractivity contribution >= 4 is 16.4 Å². The summed E-state index contributed by atoms with van der Waals surface area (Å²) in [6.07, 6.45) is 2.31. The number of nitrogens with two attached hydrogens (primary N) is 1. The lowest BCUT2D eigenvalue weighted by atomic mass is 9.98. The van der Waals surface area contributed by atoms with Crippen molar-refractivity contribution in [2.24, 2.45) is 5.73 Å². The third kappa shape index (κ3) is 1.55. The van der Waals surface area contributed by atoms with Crippen LogP contribution in [0.2, 0.25) is 0 Å². The van der Waals surface area contributed by atoms with Crippen molar-refractivity contribution < 1.29 is 0 Å². The Bertz CT molecular complexity index is 133. The summed E-state index contributed by atoms with van der Waals surface area (Å²) in [5, 5.41) is 0. The van der Waals surface area contributed by atoms with Crippen molar-refractivity contribution in [1.82, 2.24) is 0 Å². The van der Waals surface area contributed by atoms with E-state index < -0.39 is 0 Å². The molecule has 1 aliphatic rings. The van der Waals surface area contributed by atoms with Gasteiger partial charge in [0.2, 0.25) is 0 Å². The van der Waals surface area contributed by atoms with Crippen molar-refractivity contribution in [2.45, 2.75) is 25.3 Å². The minimum atomic E-state index is 0.158. The highest BCUT2D eigenvalue weighted by Gasteiger charge is 2.28. The second-order valence-corrected chi connectivity index (χ2v) is 4.85. The molecule has 0 saturated carbocycles. The maximum atomic E-state index is 6.02. The Kier molecular flexibility index (Phi) is 1.97. The lowest BCUT2D eigenvalue weighted by Crippen LogP contribution is -2.38. The molecular weight excluding hydrogens is 130 g/mol. The fourth-order valence-electron chi connectivity index (χ4n) is 1.18. The molecule has 0 aliphatic carbocycles. The van der Waals surface area contributed by atoms with Gasteiger partial charge < -0.3 is 5.73 Å². The molecule has 1 rings (SSSR count). The molecule has 0 aromatic rings. The second kappa shape index (κ2) is 2.43. The predicted octanol–water partition coefficient (Wildman–Crippen LogP) is 1.20. The summed E-state index contributed by atoms with van der Waals surface area (Å²) >= 11 is 0. The molecule has 1 aliphatic heterocycles. The molecule has 54 valence electrons. The molecule has 1 heterocycles. The van der Waals surface area contributed by atoms with Gasteiger partial charge in [0.15, 0.2) is 0 Å². The monoisotopic (exact) mass is 145 g/mol. The standard InChI is InChI=1S/C7H15NS/c1-3-7(8)4-5-9(2)6-7/h2-6,8H2,1H3. The largest absolute Gasteiger partial charge is 0.324 e. The van der Waals surface area contributed by atoms with Gasteiger partial charge in [0, 0.05) is 11.3 Å². The van der Waals surface area contributed by atoms with Crippen LogP contribution >= 0.6 is 10.5 Å². The van der Waals surface area contributed by atoms with Crippen LogP contribution in [0.25, 0.3) is 0 Å². The average molecular weight is 145 g/mol. The van der Waals surface area contributed by atoms with Crippen molar-refractivity contribution in [1.29, 1.82) is 0 Å². The van der Waals surface area contributed by atoms with Gasteiger partial charge in [-0.25, -0.2) is 0 Å². The highest BCUT2D eigenvalue weighted by atomic mass is 32.2. The van der Waals surface area contributed by atoms with Crippen LogP contribution in [0.15, 0.2) is 0 Å². The van der Waals surface area contributed by atoms with Gasteiger partial charge in [-0.05, 0) is 18.6 Å². The molecule has 1 saturated heterocycles. The highest BCUT2D eigenvalue weighted by Crippen LogP contribution is 2.31. The Hall–Kier alpha value is 0.180. The number of hydrogen-bond donors (Lipinski definition) is 1. The van der Waals surface area contributed by atoms with Crippen LogP contribution in [0.3, 0.4) is 0 Å². The van der Waals surface area contributed by atoms with Gasteiger partial charge in [0.1, 0.15) is 0 Å². The Morgan fingerprint density at radius 2 is 2.44 bits per heavy atom. The minimum Gasteiger partial charge on any atom is -0.324 e. The van der Waals surface area contributed by atoms with Gasteiger partial charge in [-0.1, -0.05) is 12.8 Å². The zero-order valence-corrected chi connectivity index (χ0v) is 6.84. The lowest BCUT2D eigenvalue weighted by molar-refractivity contribution is 0.465. The van der Waals surface area contributed by atoms with Gasteiger partial charge in [-0.15, -0.1) is 0 Å². The quantitative estimate of drug-likeness (QED) is 0.551. The van der Waals surface area contributed by atoms with Crippen LogP contribution < -0.4 is 5.73 Å². The SMILES string of the molecule is C=S1CCC(N)(CC)C1. The van der Waals surface area contributed by atoms with Gasteiger partial charge in [-0.2, -0.15) is 10.5 Å². The number of hydrogen-bond acceptors (Lipinski definition) is 1. The van der Waals surface area contributed by atoms with Crippen molar-refractivity contribution in [3.05, 3.63) is 0 Å². The van der Waals surface area contributed by atoms with Crippen LogP contribution in [0.1, 0.15) is 19.8 Å². The summed E-state index contributed by atoms with van der Waals surface area (Å²) in [4.78, 5) is 0. The Morgan fingerprint density at radius 3 is 2.67 bits per heavy atom. The summed E-state index contributed by atoms with van der Waals surface area (Å²) in [7, 11) is 0.383. The summed E-state index contributed by atoms with van der Waals surface area (Å²) in [5.41, 5.74) is 6.17. The van der Waals surface area contributed by atoms with E-state index in [1.54, 1.807) is 0 Å². The van der Waals surface area contributed by atoms with Crippen LogP contribution in [-0.4, -0.2) is 22.9 Å². The first-order valence-electron chi connectivity index (χ1n) is 3.42. The smallest absolute Gasteiger partial charge is 0.0246 e. The van der Waals surface area contributed by atoms with Gasteiger partial charge in [-0.3, -0.25) is 0 Å². The third-order valence-electron chi connectivity index (χ3n) is 2.08. The molecule has 9 heavy (non-hydrogen) atoms. The van der Waals surface area contributed by atoms with Gasteiger partial charge in [0.05, 0.1) is 0 Å². The van der Waals surface area contributed by atoms with Crippen molar-refractivity contribution in [3.8, 4) is 0 Å². The fourth-order valence-corrected chi connectivity index (χ4v) is 3.18. The van der Waals surface area contributed by atoms with E-state index in [9.17, 15) is 0 Å². The van der Waals surface area contributed by atoms with E-state index in [2.05, 4.69) is 12.8 Å².